The molecule has 0 spiro atoms. The zero-order chi connectivity index (χ0) is 13.8. The molecule has 0 unspecified atom stereocenters. The monoisotopic (exact) mass is 268 g/mol. The van der Waals surface area contributed by atoms with E-state index in [0.29, 0.717) is 0 Å². The molecule has 3 aromatic rings. The molecule has 0 aliphatic carbocycles. The second-order valence-corrected chi connectivity index (χ2v) is 4.53. The smallest absolute Gasteiger partial charge is 0.0738 e. The van der Waals surface area contributed by atoms with E-state index in [1.807, 2.05) is 36.1 Å². The lowest BCUT2D eigenvalue weighted by Gasteiger charge is -2.10. The zero-order valence-corrected chi connectivity index (χ0v) is 11.3. The van der Waals surface area contributed by atoms with Crippen molar-refractivity contribution in [1.82, 2.24) is 30.1 Å². The molecule has 0 fully saturated rings. The lowest BCUT2D eigenvalue weighted by molar-refractivity contribution is 0.615. The Balaban J connectivity index is 1.70. The molecule has 0 saturated carbocycles. The molecule has 0 saturated heterocycles. The van der Waals surface area contributed by atoms with Crippen molar-refractivity contribution in [3.8, 4) is 5.69 Å². The SMILES string of the molecule is Cn1nncc1CNCc1ccccc1-n1cccn1. The van der Waals surface area contributed by atoms with Crippen LogP contribution in [0.15, 0.2) is 48.9 Å². The summed E-state index contributed by atoms with van der Waals surface area (Å²) >= 11 is 0. The Morgan fingerprint density at radius 2 is 2.05 bits per heavy atom. The standard InChI is InChI=1S/C14H16N6/c1-19-13(11-16-18-19)10-15-9-12-5-2-3-6-14(12)20-8-4-7-17-20/h2-8,11,15H,9-10H2,1H3. The highest BCUT2D eigenvalue weighted by molar-refractivity contribution is 5.40. The average Bonchev–Trinajstić information content (AvgIpc) is 3.12. The molecule has 0 bridgehead atoms. The molecule has 3 rings (SSSR count). The predicted molar refractivity (Wildman–Crippen MR) is 75.1 cm³/mol. The maximum absolute atomic E-state index is 4.28. The lowest BCUT2D eigenvalue weighted by Crippen LogP contribution is -2.16. The molecule has 0 atom stereocenters. The molecule has 1 aromatic carbocycles. The second-order valence-electron chi connectivity index (χ2n) is 4.53. The van der Waals surface area contributed by atoms with Crippen LogP contribution in [-0.4, -0.2) is 24.8 Å². The van der Waals surface area contributed by atoms with E-state index in [1.54, 1.807) is 17.1 Å². The summed E-state index contributed by atoms with van der Waals surface area (Å²) in [4.78, 5) is 0. The lowest BCUT2D eigenvalue weighted by atomic mass is 10.2. The largest absolute Gasteiger partial charge is 0.307 e. The number of para-hydroxylation sites is 1. The molecule has 0 aliphatic heterocycles. The molecule has 0 amide bonds. The molecule has 0 radical (unpaired) electrons. The van der Waals surface area contributed by atoms with Gasteiger partial charge in [0.1, 0.15) is 0 Å². The molecule has 102 valence electrons. The summed E-state index contributed by atoms with van der Waals surface area (Å²) in [7, 11) is 1.89. The van der Waals surface area contributed by atoms with Crippen LogP contribution in [0.1, 0.15) is 11.3 Å². The van der Waals surface area contributed by atoms with Gasteiger partial charge in [-0.05, 0) is 17.7 Å². The van der Waals surface area contributed by atoms with E-state index in [0.717, 1.165) is 24.5 Å². The summed E-state index contributed by atoms with van der Waals surface area (Å²) in [6.07, 6.45) is 5.50. The first kappa shape index (κ1) is 12.6. The van der Waals surface area contributed by atoms with Crippen molar-refractivity contribution in [3.63, 3.8) is 0 Å². The fourth-order valence-electron chi connectivity index (χ4n) is 2.09. The van der Waals surface area contributed by atoms with Gasteiger partial charge in [0.25, 0.3) is 0 Å². The van der Waals surface area contributed by atoms with E-state index in [9.17, 15) is 0 Å². The van der Waals surface area contributed by atoms with E-state index in [2.05, 4.69) is 32.9 Å². The van der Waals surface area contributed by atoms with Gasteiger partial charge in [-0.15, -0.1) is 5.10 Å². The molecule has 2 aromatic heterocycles. The predicted octanol–water partition coefficient (Wildman–Crippen LogP) is 1.29. The topological polar surface area (TPSA) is 60.6 Å². The quantitative estimate of drug-likeness (QED) is 0.757. The Morgan fingerprint density at radius 1 is 1.15 bits per heavy atom. The van der Waals surface area contributed by atoms with Crippen LogP contribution in [-0.2, 0) is 20.1 Å². The van der Waals surface area contributed by atoms with Crippen LogP contribution in [0.4, 0.5) is 0 Å². The van der Waals surface area contributed by atoms with Crippen LogP contribution >= 0.6 is 0 Å². The number of benzene rings is 1. The molecular weight excluding hydrogens is 252 g/mol. The molecule has 6 nitrogen and oxygen atoms in total. The summed E-state index contributed by atoms with van der Waals surface area (Å²) in [5.74, 6) is 0. The number of rotatable bonds is 5. The zero-order valence-electron chi connectivity index (χ0n) is 11.3. The summed E-state index contributed by atoms with van der Waals surface area (Å²) < 4.78 is 3.65. The minimum atomic E-state index is 0.733. The molecule has 2 heterocycles. The van der Waals surface area contributed by atoms with Crippen molar-refractivity contribution in [2.75, 3.05) is 0 Å². The second kappa shape index (κ2) is 5.66. The number of aryl methyl sites for hydroxylation is 1. The van der Waals surface area contributed by atoms with E-state index in [1.165, 1.54) is 5.56 Å². The third kappa shape index (κ3) is 2.60. The van der Waals surface area contributed by atoms with Gasteiger partial charge in [0, 0.05) is 32.5 Å². The van der Waals surface area contributed by atoms with Gasteiger partial charge in [0.2, 0.25) is 0 Å². The van der Waals surface area contributed by atoms with Crippen molar-refractivity contribution in [2.24, 2.45) is 7.05 Å². The summed E-state index contributed by atoms with van der Waals surface area (Å²) in [6.45, 7) is 1.50. The number of hydrogen-bond acceptors (Lipinski definition) is 4. The third-order valence-electron chi connectivity index (χ3n) is 3.17. The van der Waals surface area contributed by atoms with Crippen molar-refractivity contribution >= 4 is 0 Å². The van der Waals surface area contributed by atoms with Gasteiger partial charge in [0.05, 0.1) is 17.6 Å². The Hall–Kier alpha value is -2.47. The van der Waals surface area contributed by atoms with E-state index in [-0.39, 0.29) is 0 Å². The fourth-order valence-corrected chi connectivity index (χ4v) is 2.09. The number of hydrogen-bond donors (Lipinski definition) is 1. The van der Waals surface area contributed by atoms with E-state index < -0.39 is 0 Å². The normalized spacial score (nSPS) is 10.8. The van der Waals surface area contributed by atoms with Crippen LogP contribution in [0.2, 0.25) is 0 Å². The van der Waals surface area contributed by atoms with Crippen molar-refractivity contribution in [3.05, 3.63) is 60.2 Å². The number of nitrogens with one attached hydrogen (secondary N) is 1. The summed E-state index contributed by atoms with van der Waals surface area (Å²) in [5.41, 5.74) is 3.35. The molecule has 1 N–H and O–H groups in total. The Kier molecular flexibility index (Phi) is 3.56. The highest BCUT2D eigenvalue weighted by atomic mass is 15.4. The Morgan fingerprint density at radius 3 is 2.80 bits per heavy atom. The highest BCUT2D eigenvalue weighted by Crippen LogP contribution is 2.13. The molecule has 6 heteroatoms. The van der Waals surface area contributed by atoms with Gasteiger partial charge in [0.15, 0.2) is 0 Å². The van der Waals surface area contributed by atoms with Gasteiger partial charge in [-0.25, -0.2) is 4.68 Å². The van der Waals surface area contributed by atoms with Gasteiger partial charge in [-0.1, -0.05) is 23.4 Å². The van der Waals surface area contributed by atoms with Crippen LogP contribution in [0.5, 0.6) is 0 Å². The number of nitrogens with zero attached hydrogens (tertiary/aromatic N) is 5. The van der Waals surface area contributed by atoms with E-state index >= 15 is 0 Å². The first-order valence-electron chi connectivity index (χ1n) is 6.47. The molecule has 20 heavy (non-hydrogen) atoms. The minimum absolute atomic E-state index is 0.733. The molecule has 0 aliphatic rings. The first-order valence-corrected chi connectivity index (χ1v) is 6.47. The minimum Gasteiger partial charge on any atom is -0.307 e. The van der Waals surface area contributed by atoms with Crippen LogP contribution < -0.4 is 5.32 Å². The Labute approximate surface area is 117 Å². The first-order chi connectivity index (χ1) is 9.84. The van der Waals surface area contributed by atoms with Gasteiger partial charge >= 0.3 is 0 Å². The number of aromatic nitrogens is 5. The average molecular weight is 268 g/mol. The van der Waals surface area contributed by atoms with Crippen molar-refractivity contribution in [2.45, 2.75) is 13.1 Å². The van der Waals surface area contributed by atoms with Crippen LogP contribution in [0.3, 0.4) is 0 Å². The summed E-state index contributed by atoms with van der Waals surface area (Å²) in [6, 6.07) is 10.1. The fraction of sp³-hybridized carbons (Fsp3) is 0.214. The van der Waals surface area contributed by atoms with E-state index in [4.69, 9.17) is 0 Å². The maximum atomic E-state index is 4.28. The van der Waals surface area contributed by atoms with Crippen molar-refractivity contribution < 1.29 is 0 Å². The Bertz CT molecular complexity index is 671. The summed E-state index contributed by atoms with van der Waals surface area (Å²) in [5, 5.41) is 15.5. The van der Waals surface area contributed by atoms with Crippen LogP contribution in [0.25, 0.3) is 5.69 Å². The maximum Gasteiger partial charge on any atom is 0.0738 e. The van der Waals surface area contributed by atoms with Crippen molar-refractivity contribution in [1.29, 1.82) is 0 Å². The van der Waals surface area contributed by atoms with Gasteiger partial charge in [-0.2, -0.15) is 5.10 Å². The molecular formula is C14H16N6. The van der Waals surface area contributed by atoms with Gasteiger partial charge in [-0.3, -0.25) is 4.68 Å². The third-order valence-corrected chi connectivity index (χ3v) is 3.17. The van der Waals surface area contributed by atoms with Gasteiger partial charge < -0.3 is 5.32 Å². The van der Waals surface area contributed by atoms with Crippen LogP contribution in [0, 0.1) is 0 Å². The highest BCUT2D eigenvalue weighted by Gasteiger charge is 2.04.